The van der Waals surface area contributed by atoms with E-state index in [1.807, 2.05) is 31.2 Å². The third kappa shape index (κ3) is 3.50. The van der Waals surface area contributed by atoms with E-state index in [1.165, 1.54) is 0 Å². The normalized spacial score (nSPS) is 15.7. The van der Waals surface area contributed by atoms with Crippen LogP contribution in [0.3, 0.4) is 0 Å². The number of carbonyl (C=O) groups is 1. The predicted octanol–water partition coefficient (Wildman–Crippen LogP) is 2.44. The highest BCUT2D eigenvalue weighted by Crippen LogP contribution is 2.23. The van der Waals surface area contributed by atoms with Gasteiger partial charge in [-0.1, -0.05) is 24.2 Å². The number of rotatable bonds is 6. The zero-order valence-electron chi connectivity index (χ0n) is 13.3. The molecule has 0 saturated carbocycles. The van der Waals surface area contributed by atoms with Crippen LogP contribution in [0.1, 0.15) is 37.2 Å². The minimum atomic E-state index is -0.291. The van der Waals surface area contributed by atoms with Gasteiger partial charge in [-0.15, -0.1) is 0 Å². The number of cyclic esters (lactones) is 1. The molecule has 0 bridgehead atoms. The number of benzene rings is 1. The molecule has 7 nitrogen and oxygen atoms in total. The van der Waals surface area contributed by atoms with E-state index in [0.29, 0.717) is 31.4 Å². The molecule has 0 spiro atoms. The Kier molecular flexibility index (Phi) is 4.57. The van der Waals surface area contributed by atoms with Crippen molar-refractivity contribution in [3.05, 3.63) is 41.5 Å². The van der Waals surface area contributed by atoms with Crippen molar-refractivity contribution >= 4 is 11.8 Å². The molecule has 0 aliphatic carbocycles. The molecule has 7 heteroatoms. The van der Waals surface area contributed by atoms with E-state index in [0.717, 1.165) is 17.7 Å². The van der Waals surface area contributed by atoms with Crippen molar-refractivity contribution in [3.8, 4) is 0 Å². The summed E-state index contributed by atoms with van der Waals surface area (Å²) in [4.78, 5) is 17.6. The van der Waals surface area contributed by atoms with Crippen LogP contribution < -0.4 is 10.2 Å². The number of carbonyl (C=O) groups excluding carboxylic acids is 1. The van der Waals surface area contributed by atoms with Crippen LogP contribution in [0.5, 0.6) is 0 Å². The van der Waals surface area contributed by atoms with Gasteiger partial charge in [-0.05, 0) is 24.6 Å². The van der Waals surface area contributed by atoms with Gasteiger partial charge in [0.05, 0.1) is 13.1 Å². The number of nitrogens with zero attached hydrogens (tertiary/aromatic N) is 3. The molecule has 1 saturated heterocycles. The van der Waals surface area contributed by atoms with Gasteiger partial charge in [0.15, 0.2) is 5.82 Å². The Balaban J connectivity index is 1.65. The molecule has 0 radical (unpaired) electrons. The summed E-state index contributed by atoms with van der Waals surface area (Å²) in [6, 6.07) is 7.96. The summed E-state index contributed by atoms with van der Waals surface area (Å²) >= 11 is 0. The van der Waals surface area contributed by atoms with Crippen molar-refractivity contribution in [2.45, 2.75) is 32.9 Å². The first-order valence-corrected chi connectivity index (χ1v) is 7.76. The number of aryl methyl sites for hydroxylation is 1. The van der Waals surface area contributed by atoms with Crippen LogP contribution in [-0.2, 0) is 17.7 Å². The van der Waals surface area contributed by atoms with E-state index in [9.17, 15) is 4.79 Å². The van der Waals surface area contributed by atoms with Gasteiger partial charge in [0.2, 0.25) is 5.89 Å². The van der Waals surface area contributed by atoms with Crippen LogP contribution in [0, 0.1) is 0 Å². The molecule has 1 aromatic heterocycles. The van der Waals surface area contributed by atoms with E-state index in [1.54, 1.807) is 4.90 Å². The van der Waals surface area contributed by atoms with Gasteiger partial charge in [0.1, 0.15) is 6.61 Å². The summed E-state index contributed by atoms with van der Waals surface area (Å²) in [5.74, 6) is 1.29. The second kappa shape index (κ2) is 6.78. The zero-order valence-corrected chi connectivity index (χ0v) is 13.3. The molecule has 122 valence electrons. The maximum absolute atomic E-state index is 11.7. The summed E-state index contributed by atoms with van der Waals surface area (Å²) in [5.41, 5.74) is 1.93. The Bertz CT molecular complexity index is 685. The van der Waals surface area contributed by atoms with E-state index >= 15 is 0 Å². The molecule has 3 rings (SSSR count). The first-order chi connectivity index (χ1) is 11.2. The van der Waals surface area contributed by atoms with Crippen molar-refractivity contribution in [2.24, 2.45) is 0 Å². The minimum absolute atomic E-state index is 0.0885. The molecule has 1 amide bonds. The number of ether oxygens (including phenoxy) is 1. The largest absolute Gasteiger partial charge is 0.447 e. The zero-order chi connectivity index (χ0) is 16.2. The maximum Gasteiger partial charge on any atom is 0.414 e. The van der Waals surface area contributed by atoms with Crippen LogP contribution in [0.15, 0.2) is 28.8 Å². The minimum Gasteiger partial charge on any atom is -0.447 e. The number of amides is 1. The highest BCUT2D eigenvalue weighted by molar-refractivity contribution is 5.89. The smallest absolute Gasteiger partial charge is 0.414 e. The lowest BCUT2D eigenvalue weighted by atomic mass is 10.1. The second-order valence-corrected chi connectivity index (χ2v) is 5.42. The van der Waals surface area contributed by atoms with Crippen LogP contribution >= 0.6 is 0 Å². The maximum atomic E-state index is 11.7. The lowest BCUT2D eigenvalue weighted by Gasteiger charge is -2.17. The van der Waals surface area contributed by atoms with E-state index in [-0.39, 0.29) is 12.1 Å². The molecule has 1 aliphatic heterocycles. The quantitative estimate of drug-likeness (QED) is 0.881. The van der Waals surface area contributed by atoms with Gasteiger partial charge in [-0.3, -0.25) is 4.90 Å². The van der Waals surface area contributed by atoms with Crippen LogP contribution in [0.2, 0.25) is 0 Å². The average Bonchev–Trinajstić information content (AvgIpc) is 3.21. The molecule has 1 aliphatic rings. The highest BCUT2D eigenvalue weighted by Gasteiger charge is 2.23. The van der Waals surface area contributed by atoms with Crippen molar-refractivity contribution in [1.29, 1.82) is 0 Å². The number of hydrogen-bond donors (Lipinski definition) is 1. The number of hydrogen-bond acceptors (Lipinski definition) is 6. The van der Waals surface area contributed by atoms with E-state index < -0.39 is 0 Å². The van der Waals surface area contributed by atoms with Gasteiger partial charge < -0.3 is 14.6 Å². The summed E-state index contributed by atoms with van der Waals surface area (Å²) in [5, 5.41) is 7.23. The molecule has 1 fully saturated rings. The van der Waals surface area contributed by atoms with Crippen LogP contribution in [0.25, 0.3) is 0 Å². The molecule has 2 aromatic rings. The third-order valence-electron chi connectivity index (χ3n) is 3.83. The molecule has 23 heavy (non-hydrogen) atoms. The summed E-state index contributed by atoms with van der Waals surface area (Å²) in [7, 11) is 0. The van der Waals surface area contributed by atoms with Crippen molar-refractivity contribution in [2.75, 3.05) is 18.1 Å². The van der Waals surface area contributed by atoms with E-state index in [4.69, 9.17) is 9.26 Å². The fraction of sp³-hybridized carbons (Fsp3) is 0.438. The first kappa shape index (κ1) is 15.5. The highest BCUT2D eigenvalue weighted by atomic mass is 16.6. The molecule has 1 aromatic carbocycles. The molecular formula is C16H20N4O3. The third-order valence-corrected chi connectivity index (χ3v) is 3.83. The Morgan fingerprint density at radius 3 is 3.00 bits per heavy atom. The van der Waals surface area contributed by atoms with Gasteiger partial charge in [-0.2, -0.15) is 4.98 Å². The van der Waals surface area contributed by atoms with Gasteiger partial charge >= 0.3 is 6.09 Å². The Morgan fingerprint density at radius 1 is 1.43 bits per heavy atom. The number of anilines is 1. The lowest BCUT2D eigenvalue weighted by molar-refractivity contribution is 0.181. The standard InChI is InChI=1S/C16H20N4O3/c1-3-14-18-15(23-19-14)10-17-11(2)12-5-4-6-13(9-12)20-7-8-22-16(20)21/h4-6,9,11,17H,3,7-8,10H2,1-2H3. The van der Waals surface area contributed by atoms with Crippen LogP contribution in [0.4, 0.5) is 10.5 Å². The first-order valence-electron chi connectivity index (χ1n) is 7.76. The Labute approximate surface area is 134 Å². The van der Waals surface area contributed by atoms with Gasteiger partial charge in [0, 0.05) is 18.2 Å². The molecular weight excluding hydrogens is 296 g/mol. The fourth-order valence-corrected chi connectivity index (χ4v) is 2.45. The fourth-order valence-electron chi connectivity index (χ4n) is 2.45. The average molecular weight is 316 g/mol. The topological polar surface area (TPSA) is 80.5 Å². The predicted molar refractivity (Wildman–Crippen MR) is 84.1 cm³/mol. The van der Waals surface area contributed by atoms with Gasteiger partial charge in [0.25, 0.3) is 0 Å². The van der Waals surface area contributed by atoms with Crippen molar-refractivity contribution < 1.29 is 14.1 Å². The molecule has 2 heterocycles. The molecule has 1 atom stereocenters. The van der Waals surface area contributed by atoms with Gasteiger partial charge in [-0.25, -0.2) is 4.79 Å². The Morgan fingerprint density at radius 2 is 2.30 bits per heavy atom. The summed E-state index contributed by atoms with van der Waals surface area (Å²) in [6.07, 6.45) is 0.466. The Hall–Kier alpha value is -2.41. The summed E-state index contributed by atoms with van der Waals surface area (Å²) < 4.78 is 10.2. The summed E-state index contributed by atoms with van der Waals surface area (Å²) in [6.45, 7) is 5.57. The van der Waals surface area contributed by atoms with E-state index in [2.05, 4.69) is 22.4 Å². The second-order valence-electron chi connectivity index (χ2n) is 5.42. The number of aromatic nitrogens is 2. The SMILES string of the molecule is CCc1noc(CNC(C)c2cccc(N3CCOC3=O)c2)n1. The van der Waals surface area contributed by atoms with Crippen molar-refractivity contribution in [3.63, 3.8) is 0 Å². The number of nitrogens with one attached hydrogen (secondary N) is 1. The van der Waals surface area contributed by atoms with Crippen LogP contribution in [-0.4, -0.2) is 29.4 Å². The lowest BCUT2D eigenvalue weighted by Crippen LogP contribution is -2.24. The van der Waals surface area contributed by atoms with Crippen molar-refractivity contribution in [1.82, 2.24) is 15.5 Å². The molecule has 1 N–H and O–H groups in total. The molecule has 1 unspecified atom stereocenters. The monoisotopic (exact) mass is 316 g/mol.